The van der Waals surface area contributed by atoms with Gasteiger partial charge in [-0.3, -0.25) is 4.79 Å². The molecule has 0 bridgehead atoms. The molecule has 0 spiro atoms. The minimum atomic E-state index is -0.477. The van der Waals surface area contributed by atoms with E-state index in [1.54, 1.807) is 48.5 Å². The predicted octanol–water partition coefficient (Wildman–Crippen LogP) is 4.04. The van der Waals surface area contributed by atoms with E-state index in [9.17, 15) is 9.59 Å². The molecule has 1 fully saturated rings. The second kappa shape index (κ2) is 11.5. The van der Waals surface area contributed by atoms with Crippen molar-refractivity contribution in [3.8, 4) is 17.2 Å². The summed E-state index contributed by atoms with van der Waals surface area (Å²) < 4.78 is 26.8. The van der Waals surface area contributed by atoms with Gasteiger partial charge in [-0.25, -0.2) is 4.79 Å². The van der Waals surface area contributed by atoms with Crippen LogP contribution in [0.25, 0.3) is 0 Å². The molecule has 3 rings (SSSR count). The zero-order chi connectivity index (χ0) is 21.9. The Bertz CT molecular complexity index is 821. The van der Waals surface area contributed by atoms with Crippen LogP contribution in [-0.2, 0) is 14.3 Å². The zero-order valence-corrected chi connectivity index (χ0v) is 17.7. The molecule has 7 heteroatoms. The highest BCUT2D eigenvalue weighted by Gasteiger charge is 2.36. The normalized spacial score (nSPS) is 14.4. The summed E-state index contributed by atoms with van der Waals surface area (Å²) in [7, 11) is 0. The Hall–Kier alpha value is -2.90. The fourth-order valence-corrected chi connectivity index (χ4v) is 3.06. The van der Waals surface area contributed by atoms with Crippen LogP contribution in [0.1, 0.15) is 36.5 Å². The first-order valence-electron chi connectivity index (χ1n) is 10.4. The Labute approximate surface area is 182 Å². The third-order valence-corrected chi connectivity index (χ3v) is 5.23. The number of hydrogen-bond acceptors (Lipinski definition) is 7. The topological polar surface area (TPSA) is 80.3 Å². The summed E-state index contributed by atoms with van der Waals surface area (Å²) in [4.78, 5) is 22.5. The van der Waals surface area contributed by atoms with Gasteiger partial charge in [0.2, 0.25) is 0 Å². The summed E-state index contributed by atoms with van der Waals surface area (Å²) in [6, 6.07) is 13.0. The van der Waals surface area contributed by atoms with E-state index in [2.05, 4.69) is 6.92 Å². The summed E-state index contributed by atoms with van der Waals surface area (Å²) in [5.41, 5.74) is 0.645. The Morgan fingerprint density at radius 3 is 2.23 bits per heavy atom. The number of rotatable bonds is 13. The Morgan fingerprint density at radius 1 is 0.968 bits per heavy atom. The maximum absolute atomic E-state index is 12.2. The minimum Gasteiger partial charge on any atom is -0.494 e. The maximum Gasteiger partial charge on any atom is 0.343 e. The molecule has 1 saturated heterocycles. The molecule has 7 nitrogen and oxygen atoms in total. The van der Waals surface area contributed by atoms with Crippen molar-refractivity contribution in [3.05, 3.63) is 54.1 Å². The molecule has 166 valence electrons. The molecular weight excluding hydrogens is 400 g/mol. The van der Waals surface area contributed by atoms with Gasteiger partial charge in [-0.05, 0) is 67.8 Å². The number of hydrogen-bond donors (Lipinski definition) is 0. The smallest absolute Gasteiger partial charge is 0.343 e. The summed E-state index contributed by atoms with van der Waals surface area (Å²) in [6.07, 6.45) is 2.91. The molecule has 1 aliphatic rings. The van der Waals surface area contributed by atoms with Crippen molar-refractivity contribution in [2.45, 2.75) is 26.2 Å². The largest absolute Gasteiger partial charge is 0.494 e. The first kappa shape index (κ1) is 22.8. The number of benzene rings is 2. The predicted molar refractivity (Wildman–Crippen MR) is 114 cm³/mol. The molecule has 0 aliphatic carbocycles. The van der Waals surface area contributed by atoms with E-state index in [4.69, 9.17) is 23.7 Å². The molecule has 0 saturated carbocycles. The molecule has 1 aliphatic heterocycles. The summed E-state index contributed by atoms with van der Waals surface area (Å²) >= 11 is 0. The van der Waals surface area contributed by atoms with E-state index in [1.165, 1.54) is 0 Å². The van der Waals surface area contributed by atoms with Crippen LogP contribution in [0.2, 0.25) is 0 Å². The van der Waals surface area contributed by atoms with Crippen molar-refractivity contribution in [2.24, 2.45) is 5.41 Å². The van der Waals surface area contributed by atoms with Crippen molar-refractivity contribution in [1.82, 2.24) is 0 Å². The molecule has 31 heavy (non-hydrogen) atoms. The number of carbonyl (C=O) groups excluding carboxylic acids is 2. The number of unbranched alkanes of at least 4 members (excludes halogenated alkanes) is 1. The molecule has 0 unspecified atom stereocenters. The first-order chi connectivity index (χ1) is 15.1. The van der Waals surface area contributed by atoms with Crippen molar-refractivity contribution >= 4 is 12.4 Å². The lowest BCUT2D eigenvalue weighted by Gasteiger charge is -2.40. The van der Waals surface area contributed by atoms with Gasteiger partial charge in [-0.1, -0.05) is 6.92 Å². The van der Waals surface area contributed by atoms with Crippen LogP contribution in [0.5, 0.6) is 17.2 Å². The van der Waals surface area contributed by atoms with Gasteiger partial charge < -0.3 is 23.7 Å². The van der Waals surface area contributed by atoms with Crippen molar-refractivity contribution < 1.29 is 33.3 Å². The second-order valence-corrected chi connectivity index (χ2v) is 7.55. The van der Waals surface area contributed by atoms with Crippen LogP contribution < -0.4 is 14.2 Å². The summed E-state index contributed by atoms with van der Waals surface area (Å²) in [5.74, 6) is 0.958. The van der Waals surface area contributed by atoms with Gasteiger partial charge in [0.15, 0.2) is 0 Å². The average Bonchev–Trinajstić information content (AvgIpc) is 2.76. The van der Waals surface area contributed by atoms with Gasteiger partial charge in [0.05, 0.1) is 32.0 Å². The molecule has 0 aromatic heterocycles. The average molecular weight is 428 g/mol. The van der Waals surface area contributed by atoms with Crippen LogP contribution in [0.3, 0.4) is 0 Å². The number of ether oxygens (including phenoxy) is 5. The van der Waals surface area contributed by atoms with Crippen LogP contribution in [-0.4, -0.2) is 45.5 Å². The summed E-state index contributed by atoms with van der Waals surface area (Å²) in [5, 5.41) is 0. The van der Waals surface area contributed by atoms with Crippen molar-refractivity contribution in [2.75, 3.05) is 33.0 Å². The van der Waals surface area contributed by atoms with Crippen LogP contribution >= 0.6 is 0 Å². The van der Waals surface area contributed by atoms with Gasteiger partial charge in [-0.2, -0.15) is 0 Å². The Kier molecular flexibility index (Phi) is 8.44. The molecule has 2 aromatic rings. The van der Waals surface area contributed by atoms with Crippen LogP contribution in [0.4, 0.5) is 0 Å². The van der Waals surface area contributed by atoms with E-state index in [0.717, 1.165) is 45.7 Å². The molecule has 1 heterocycles. The lowest BCUT2D eigenvalue weighted by Crippen LogP contribution is -2.45. The van der Waals surface area contributed by atoms with Gasteiger partial charge >= 0.3 is 5.97 Å². The quantitative estimate of drug-likeness (QED) is 0.206. The fourth-order valence-electron chi connectivity index (χ4n) is 3.06. The third-order valence-electron chi connectivity index (χ3n) is 5.23. The third kappa shape index (κ3) is 6.80. The van der Waals surface area contributed by atoms with E-state index in [-0.39, 0.29) is 5.41 Å². The SMILES string of the molecule is CCC1(COCCCCOc2ccc(C(=O)Oc3ccc(OC=O)cc3)cc2)COC1. The molecule has 0 radical (unpaired) electrons. The van der Waals surface area contributed by atoms with Gasteiger partial charge in [0.25, 0.3) is 6.47 Å². The molecule has 0 N–H and O–H groups in total. The van der Waals surface area contributed by atoms with Crippen LogP contribution in [0.15, 0.2) is 48.5 Å². The number of carbonyl (C=O) groups is 2. The highest BCUT2D eigenvalue weighted by atomic mass is 16.5. The van der Waals surface area contributed by atoms with Crippen LogP contribution in [0, 0.1) is 5.41 Å². The first-order valence-corrected chi connectivity index (χ1v) is 10.4. The van der Waals surface area contributed by atoms with E-state index in [1.807, 2.05) is 0 Å². The number of esters is 1. The van der Waals surface area contributed by atoms with Crippen molar-refractivity contribution in [3.63, 3.8) is 0 Å². The van der Waals surface area contributed by atoms with Crippen molar-refractivity contribution in [1.29, 1.82) is 0 Å². The Balaban J connectivity index is 1.33. The minimum absolute atomic E-state index is 0.230. The fraction of sp³-hybridized carbons (Fsp3) is 0.417. The van der Waals surface area contributed by atoms with E-state index >= 15 is 0 Å². The van der Waals surface area contributed by atoms with E-state index < -0.39 is 5.97 Å². The van der Waals surface area contributed by atoms with Gasteiger partial charge in [-0.15, -0.1) is 0 Å². The van der Waals surface area contributed by atoms with E-state index in [0.29, 0.717) is 35.9 Å². The summed E-state index contributed by atoms with van der Waals surface area (Å²) in [6.45, 7) is 6.19. The molecule has 2 aromatic carbocycles. The zero-order valence-electron chi connectivity index (χ0n) is 17.7. The standard InChI is InChI=1S/C24H28O7/c1-2-24(16-28-17-24)15-27-13-3-4-14-29-20-7-5-19(6-8-20)23(26)31-22-11-9-21(10-12-22)30-18-25/h5-12,18H,2-4,13-17H2,1H3. The highest BCUT2D eigenvalue weighted by molar-refractivity contribution is 5.91. The second-order valence-electron chi connectivity index (χ2n) is 7.55. The molecule has 0 atom stereocenters. The highest BCUT2D eigenvalue weighted by Crippen LogP contribution is 2.31. The lowest BCUT2D eigenvalue weighted by molar-refractivity contribution is -0.150. The van der Waals surface area contributed by atoms with Gasteiger partial charge in [0.1, 0.15) is 17.2 Å². The maximum atomic E-state index is 12.2. The molecule has 0 amide bonds. The monoisotopic (exact) mass is 428 g/mol. The van der Waals surface area contributed by atoms with Gasteiger partial charge in [0, 0.05) is 12.0 Å². The molecular formula is C24H28O7. The lowest BCUT2D eigenvalue weighted by atomic mass is 9.84. The Morgan fingerprint density at radius 2 is 1.61 bits per heavy atom.